The maximum absolute atomic E-state index is 3.51. The zero-order chi connectivity index (χ0) is 11.8. The van der Waals surface area contributed by atoms with E-state index in [2.05, 4.69) is 43.1 Å². The number of nitrogens with one attached hydrogen (secondary N) is 1. The van der Waals surface area contributed by atoms with Crippen molar-refractivity contribution in [3.63, 3.8) is 0 Å². The zero-order valence-electron chi connectivity index (χ0n) is 11.2. The van der Waals surface area contributed by atoms with E-state index in [0.29, 0.717) is 0 Å². The molecule has 0 saturated carbocycles. The van der Waals surface area contributed by atoms with Gasteiger partial charge in [-0.1, -0.05) is 26.0 Å². The lowest BCUT2D eigenvalue weighted by Gasteiger charge is -2.29. The average molecular weight is 224 g/mol. The maximum Gasteiger partial charge on any atom is 0.0166 e. The molecule has 1 unspecified atom stereocenters. The number of hydrogen-bond acceptors (Lipinski definition) is 2. The van der Waals surface area contributed by atoms with Crippen molar-refractivity contribution in [1.29, 1.82) is 0 Å². The summed E-state index contributed by atoms with van der Waals surface area (Å²) in [6.45, 7) is 11.6. The summed E-state index contributed by atoms with van der Waals surface area (Å²) in [5.41, 5.74) is 0. The molecule has 0 spiro atoms. The highest BCUT2D eigenvalue weighted by Gasteiger charge is 2.13. The van der Waals surface area contributed by atoms with Gasteiger partial charge >= 0.3 is 0 Å². The summed E-state index contributed by atoms with van der Waals surface area (Å²) in [5.74, 6) is 0.768. The monoisotopic (exact) mass is 224 g/mol. The van der Waals surface area contributed by atoms with E-state index < -0.39 is 0 Å². The number of rotatable bonds is 7. The molecule has 1 atom stereocenters. The van der Waals surface area contributed by atoms with Crippen LogP contribution in [0.4, 0.5) is 0 Å². The Balaban J connectivity index is 2.01. The SMILES string of the molecule is CC(C)CNCCCC(C)N1CC=CCC1. The van der Waals surface area contributed by atoms with E-state index in [1.165, 1.54) is 32.4 Å². The summed E-state index contributed by atoms with van der Waals surface area (Å²) in [7, 11) is 0. The van der Waals surface area contributed by atoms with Gasteiger partial charge in [-0.15, -0.1) is 0 Å². The van der Waals surface area contributed by atoms with Gasteiger partial charge in [0.1, 0.15) is 0 Å². The summed E-state index contributed by atoms with van der Waals surface area (Å²) in [5, 5.41) is 3.51. The predicted molar refractivity (Wildman–Crippen MR) is 71.7 cm³/mol. The third kappa shape index (κ3) is 5.66. The molecule has 1 aliphatic heterocycles. The summed E-state index contributed by atoms with van der Waals surface area (Å²) < 4.78 is 0. The molecule has 0 aliphatic carbocycles. The van der Waals surface area contributed by atoms with Crippen LogP contribution in [0.25, 0.3) is 0 Å². The van der Waals surface area contributed by atoms with Crippen LogP contribution in [0.5, 0.6) is 0 Å². The summed E-state index contributed by atoms with van der Waals surface area (Å²) in [4.78, 5) is 2.59. The van der Waals surface area contributed by atoms with Crippen LogP contribution in [0.1, 0.15) is 40.0 Å². The van der Waals surface area contributed by atoms with E-state index in [1.807, 2.05) is 0 Å². The molecule has 0 radical (unpaired) electrons. The Morgan fingerprint density at radius 3 is 2.69 bits per heavy atom. The highest BCUT2D eigenvalue weighted by atomic mass is 15.1. The molecule has 0 saturated heterocycles. The second kappa shape index (κ2) is 7.86. The molecule has 1 heterocycles. The van der Waals surface area contributed by atoms with Crippen molar-refractivity contribution in [1.82, 2.24) is 10.2 Å². The molecule has 0 fully saturated rings. The second-order valence-corrected chi connectivity index (χ2v) is 5.34. The smallest absolute Gasteiger partial charge is 0.0166 e. The molecule has 2 heteroatoms. The molecule has 0 aromatic carbocycles. The van der Waals surface area contributed by atoms with Gasteiger partial charge in [0.2, 0.25) is 0 Å². The van der Waals surface area contributed by atoms with E-state index in [0.717, 1.165) is 25.0 Å². The zero-order valence-corrected chi connectivity index (χ0v) is 11.2. The topological polar surface area (TPSA) is 15.3 Å². The Kier molecular flexibility index (Phi) is 6.74. The molecule has 2 nitrogen and oxygen atoms in total. The molecule has 94 valence electrons. The largest absolute Gasteiger partial charge is 0.316 e. The van der Waals surface area contributed by atoms with Crippen molar-refractivity contribution in [2.24, 2.45) is 5.92 Å². The highest BCUT2D eigenvalue weighted by Crippen LogP contribution is 2.10. The Bertz CT molecular complexity index is 199. The van der Waals surface area contributed by atoms with Crippen molar-refractivity contribution in [2.45, 2.75) is 46.1 Å². The van der Waals surface area contributed by atoms with Gasteiger partial charge in [0, 0.05) is 19.1 Å². The van der Waals surface area contributed by atoms with E-state index >= 15 is 0 Å². The molecule has 0 bridgehead atoms. The second-order valence-electron chi connectivity index (χ2n) is 5.34. The maximum atomic E-state index is 3.51. The van der Waals surface area contributed by atoms with E-state index in [4.69, 9.17) is 0 Å². The predicted octanol–water partition coefficient (Wildman–Crippen LogP) is 2.66. The highest BCUT2D eigenvalue weighted by molar-refractivity contribution is 4.92. The molecule has 1 rings (SSSR count). The lowest BCUT2D eigenvalue weighted by Crippen LogP contribution is -2.36. The standard InChI is InChI=1S/C14H28N2/c1-13(2)12-15-9-7-8-14(3)16-10-5-4-6-11-16/h4-5,13-15H,6-12H2,1-3H3. The summed E-state index contributed by atoms with van der Waals surface area (Å²) in [6, 6.07) is 0.741. The minimum atomic E-state index is 0.741. The third-order valence-corrected chi connectivity index (χ3v) is 3.24. The molecule has 1 N–H and O–H groups in total. The van der Waals surface area contributed by atoms with Crippen LogP contribution in [-0.4, -0.2) is 37.1 Å². The van der Waals surface area contributed by atoms with Gasteiger partial charge in [-0.05, 0) is 45.2 Å². The van der Waals surface area contributed by atoms with Crippen LogP contribution < -0.4 is 5.32 Å². The minimum absolute atomic E-state index is 0.741. The van der Waals surface area contributed by atoms with Crippen molar-refractivity contribution < 1.29 is 0 Å². The first kappa shape index (κ1) is 13.7. The molecule has 1 aliphatic rings. The Morgan fingerprint density at radius 2 is 2.06 bits per heavy atom. The van der Waals surface area contributed by atoms with Gasteiger partial charge < -0.3 is 5.32 Å². The Morgan fingerprint density at radius 1 is 1.25 bits per heavy atom. The van der Waals surface area contributed by atoms with Gasteiger partial charge in [-0.2, -0.15) is 0 Å². The molecular weight excluding hydrogens is 196 g/mol. The Hall–Kier alpha value is -0.340. The molecule has 0 amide bonds. The van der Waals surface area contributed by atoms with Gasteiger partial charge in [0.25, 0.3) is 0 Å². The first-order valence-electron chi connectivity index (χ1n) is 6.80. The molecule has 0 aromatic rings. The van der Waals surface area contributed by atoms with E-state index in [1.54, 1.807) is 0 Å². The number of hydrogen-bond donors (Lipinski definition) is 1. The fourth-order valence-electron chi connectivity index (χ4n) is 2.16. The van der Waals surface area contributed by atoms with Crippen molar-refractivity contribution in [2.75, 3.05) is 26.2 Å². The lowest BCUT2D eigenvalue weighted by atomic mass is 10.1. The van der Waals surface area contributed by atoms with Gasteiger partial charge in [-0.3, -0.25) is 4.90 Å². The summed E-state index contributed by atoms with van der Waals surface area (Å²) in [6.07, 6.45) is 8.45. The van der Waals surface area contributed by atoms with Crippen molar-refractivity contribution >= 4 is 0 Å². The van der Waals surface area contributed by atoms with Crippen LogP contribution in [-0.2, 0) is 0 Å². The first-order valence-corrected chi connectivity index (χ1v) is 6.80. The fraction of sp³-hybridized carbons (Fsp3) is 0.857. The lowest BCUT2D eigenvalue weighted by molar-refractivity contribution is 0.215. The van der Waals surface area contributed by atoms with Gasteiger partial charge in [0.05, 0.1) is 0 Å². The van der Waals surface area contributed by atoms with Crippen molar-refractivity contribution in [3.05, 3.63) is 12.2 Å². The summed E-state index contributed by atoms with van der Waals surface area (Å²) >= 11 is 0. The molecule has 16 heavy (non-hydrogen) atoms. The first-order chi connectivity index (χ1) is 7.70. The van der Waals surface area contributed by atoms with E-state index in [-0.39, 0.29) is 0 Å². The van der Waals surface area contributed by atoms with Crippen LogP contribution in [0.15, 0.2) is 12.2 Å². The van der Waals surface area contributed by atoms with Crippen LogP contribution in [0, 0.1) is 5.92 Å². The Labute approximate surface area is 101 Å². The number of nitrogens with zero attached hydrogens (tertiary/aromatic N) is 1. The van der Waals surface area contributed by atoms with Gasteiger partial charge in [0.15, 0.2) is 0 Å². The third-order valence-electron chi connectivity index (χ3n) is 3.24. The average Bonchev–Trinajstić information content (AvgIpc) is 2.29. The van der Waals surface area contributed by atoms with Crippen LogP contribution in [0.3, 0.4) is 0 Å². The molecular formula is C14H28N2. The van der Waals surface area contributed by atoms with Crippen molar-refractivity contribution in [3.8, 4) is 0 Å². The van der Waals surface area contributed by atoms with Crippen LogP contribution >= 0.6 is 0 Å². The fourth-order valence-corrected chi connectivity index (χ4v) is 2.16. The quantitative estimate of drug-likeness (QED) is 0.528. The minimum Gasteiger partial charge on any atom is -0.316 e. The normalized spacial score (nSPS) is 19.2. The van der Waals surface area contributed by atoms with Crippen LogP contribution in [0.2, 0.25) is 0 Å². The molecule has 0 aromatic heterocycles. The van der Waals surface area contributed by atoms with E-state index in [9.17, 15) is 0 Å². The van der Waals surface area contributed by atoms with Gasteiger partial charge in [-0.25, -0.2) is 0 Å².